The summed E-state index contributed by atoms with van der Waals surface area (Å²) < 4.78 is 5.06. The normalized spacial score (nSPS) is 28.0. The van der Waals surface area contributed by atoms with Crippen LogP contribution < -0.4 is 5.73 Å². The molecule has 1 saturated heterocycles. The topological polar surface area (TPSA) is 72.4 Å². The van der Waals surface area contributed by atoms with Crippen molar-refractivity contribution < 1.29 is 9.21 Å². The number of carbonyl (C=O) groups excluding carboxylic acids is 1. The van der Waals surface area contributed by atoms with Crippen LogP contribution >= 0.6 is 11.3 Å². The second-order valence-corrected chi connectivity index (χ2v) is 6.78. The van der Waals surface area contributed by atoms with Crippen LogP contribution in [0.15, 0.2) is 28.4 Å². The van der Waals surface area contributed by atoms with E-state index in [1.54, 1.807) is 12.5 Å². The van der Waals surface area contributed by atoms with Gasteiger partial charge in [0, 0.05) is 30.1 Å². The van der Waals surface area contributed by atoms with Gasteiger partial charge in [0.2, 0.25) is 0 Å². The Labute approximate surface area is 126 Å². The van der Waals surface area contributed by atoms with Crippen molar-refractivity contribution in [2.45, 2.75) is 18.9 Å². The van der Waals surface area contributed by atoms with Crippen LogP contribution in [0.1, 0.15) is 23.3 Å². The summed E-state index contributed by atoms with van der Waals surface area (Å²) in [7, 11) is 0. The minimum Gasteiger partial charge on any atom is -0.472 e. The molecule has 0 spiro atoms. The van der Waals surface area contributed by atoms with Crippen molar-refractivity contribution in [3.05, 3.63) is 29.7 Å². The summed E-state index contributed by atoms with van der Waals surface area (Å²) in [5, 5.41) is 2.65. The molecule has 2 aromatic heterocycles. The highest BCUT2D eigenvalue weighted by molar-refractivity contribution is 7.13. The first-order chi connectivity index (χ1) is 10.2. The van der Waals surface area contributed by atoms with E-state index in [9.17, 15) is 4.79 Å². The molecule has 3 unspecified atom stereocenters. The average Bonchev–Trinajstić information content (AvgIpc) is 3.25. The lowest BCUT2D eigenvalue weighted by molar-refractivity contribution is 0.0774. The molecule has 0 aromatic carbocycles. The third-order valence-corrected chi connectivity index (χ3v) is 5.58. The summed E-state index contributed by atoms with van der Waals surface area (Å²) >= 11 is 1.47. The van der Waals surface area contributed by atoms with Crippen molar-refractivity contribution in [1.29, 1.82) is 0 Å². The summed E-state index contributed by atoms with van der Waals surface area (Å²) in [6.07, 6.45) is 5.50. The zero-order valence-electron chi connectivity index (χ0n) is 11.6. The Balaban J connectivity index is 1.51. The zero-order chi connectivity index (χ0) is 14.4. The van der Waals surface area contributed by atoms with Crippen LogP contribution in [-0.4, -0.2) is 34.9 Å². The zero-order valence-corrected chi connectivity index (χ0v) is 12.4. The van der Waals surface area contributed by atoms with Crippen molar-refractivity contribution >= 4 is 17.2 Å². The number of rotatable bonds is 2. The number of furan rings is 1. The van der Waals surface area contributed by atoms with Gasteiger partial charge in [0.25, 0.3) is 5.91 Å². The lowest BCUT2D eigenvalue weighted by Gasteiger charge is -2.17. The fourth-order valence-electron chi connectivity index (χ4n) is 3.53. The van der Waals surface area contributed by atoms with Crippen LogP contribution in [0.3, 0.4) is 0 Å². The molecule has 2 fully saturated rings. The number of nitrogens with two attached hydrogens (primary N) is 1. The van der Waals surface area contributed by atoms with E-state index in [1.165, 1.54) is 11.3 Å². The SMILES string of the molecule is NC1CCC2CN(C(=O)c3csc(-c4ccoc4)n3)CC12. The van der Waals surface area contributed by atoms with Crippen molar-refractivity contribution in [1.82, 2.24) is 9.88 Å². The van der Waals surface area contributed by atoms with Crippen LogP contribution in [0, 0.1) is 11.8 Å². The number of nitrogens with zero attached hydrogens (tertiary/aromatic N) is 2. The van der Waals surface area contributed by atoms with Crippen molar-refractivity contribution in [2.24, 2.45) is 17.6 Å². The van der Waals surface area contributed by atoms with E-state index >= 15 is 0 Å². The summed E-state index contributed by atoms with van der Waals surface area (Å²) in [5.74, 6) is 1.08. The fraction of sp³-hybridized carbons (Fsp3) is 0.467. The van der Waals surface area contributed by atoms with Gasteiger partial charge in [-0.05, 0) is 30.7 Å². The van der Waals surface area contributed by atoms with Gasteiger partial charge in [-0.3, -0.25) is 4.79 Å². The number of likely N-dealkylation sites (tertiary alicyclic amines) is 1. The minimum atomic E-state index is 0.0302. The molecule has 1 aliphatic heterocycles. The molecule has 0 radical (unpaired) electrons. The Morgan fingerprint density at radius 3 is 3.10 bits per heavy atom. The maximum atomic E-state index is 12.6. The van der Waals surface area contributed by atoms with Gasteiger partial charge >= 0.3 is 0 Å². The van der Waals surface area contributed by atoms with Gasteiger partial charge in [0.15, 0.2) is 0 Å². The molecule has 0 bridgehead atoms. The van der Waals surface area contributed by atoms with Gasteiger partial charge in [-0.1, -0.05) is 0 Å². The molecule has 4 rings (SSSR count). The predicted octanol–water partition coefficient (Wildman–Crippen LogP) is 2.21. The smallest absolute Gasteiger partial charge is 0.273 e. The Morgan fingerprint density at radius 2 is 2.33 bits per heavy atom. The van der Waals surface area contributed by atoms with Gasteiger partial charge in [0.05, 0.1) is 6.26 Å². The first-order valence-electron chi connectivity index (χ1n) is 7.25. The molecule has 3 atom stereocenters. The summed E-state index contributed by atoms with van der Waals surface area (Å²) in [6.45, 7) is 1.61. The molecule has 110 valence electrons. The molecule has 1 aliphatic carbocycles. The fourth-order valence-corrected chi connectivity index (χ4v) is 4.31. The summed E-state index contributed by atoms with van der Waals surface area (Å²) in [6, 6.07) is 2.11. The Morgan fingerprint density at radius 1 is 1.43 bits per heavy atom. The second kappa shape index (κ2) is 4.96. The Kier molecular flexibility index (Phi) is 3.08. The summed E-state index contributed by atoms with van der Waals surface area (Å²) in [4.78, 5) is 18.9. The molecule has 5 nitrogen and oxygen atoms in total. The molecule has 2 aliphatic rings. The first-order valence-corrected chi connectivity index (χ1v) is 8.13. The van der Waals surface area contributed by atoms with Crippen LogP contribution in [0.2, 0.25) is 0 Å². The standard InChI is InChI=1S/C15H17N3O2S/c16-12-2-1-9-5-18(6-11(9)12)15(19)13-8-21-14(17-13)10-3-4-20-7-10/h3-4,7-9,11-12H,1-2,5-6,16H2. The molecule has 21 heavy (non-hydrogen) atoms. The quantitative estimate of drug-likeness (QED) is 0.923. The largest absolute Gasteiger partial charge is 0.472 e. The monoisotopic (exact) mass is 303 g/mol. The van der Waals surface area contributed by atoms with Crippen LogP contribution in [-0.2, 0) is 0 Å². The van der Waals surface area contributed by atoms with Gasteiger partial charge < -0.3 is 15.1 Å². The number of carbonyl (C=O) groups is 1. The van der Waals surface area contributed by atoms with E-state index in [0.717, 1.165) is 36.5 Å². The Hall–Kier alpha value is -1.66. The summed E-state index contributed by atoms with van der Waals surface area (Å²) in [5.41, 5.74) is 7.58. The molecule has 3 heterocycles. The van der Waals surface area contributed by atoms with E-state index < -0.39 is 0 Å². The van der Waals surface area contributed by atoms with E-state index in [0.29, 0.717) is 17.5 Å². The highest BCUT2D eigenvalue weighted by Crippen LogP contribution is 2.37. The lowest BCUT2D eigenvalue weighted by Crippen LogP contribution is -2.33. The highest BCUT2D eigenvalue weighted by Gasteiger charge is 2.42. The molecule has 2 N–H and O–H groups in total. The van der Waals surface area contributed by atoms with Gasteiger partial charge in [0.1, 0.15) is 17.0 Å². The third kappa shape index (κ3) is 2.18. The third-order valence-electron chi connectivity index (χ3n) is 4.69. The number of thiazole rings is 1. The number of aromatic nitrogens is 1. The second-order valence-electron chi connectivity index (χ2n) is 5.93. The first kappa shape index (κ1) is 13.0. The molecule has 1 amide bonds. The Bertz CT molecular complexity index is 652. The average molecular weight is 303 g/mol. The minimum absolute atomic E-state index is 0.0302. The number of fused-ring (bicyclic) bond motifs is 1. The van der Waals surface area contributed by atoms with Gasteiger partial charge in [-0.25, -0.2) is 4.98 Å². The lowest BCUT2D eigenvalue weighted by atomic mass is 9.98. The number of hydrogen-bond acceptors (Lipinski definition) is 5. The predicted molar refractivity (Wildman–Crippen MR) is 79.9 cm³/mol. The molecule has 6 heteroatoms. The van der Waals surface area contributed by atoms with Crippen molar-refractivity contribution in [2.75, 3.05) is 13.1 Å². The van der Waals surface area contributed by atoms with E-state index in [-0.39, 0.29) is 11.9 Å². The number of hydrogen-bond donors (Lipinski definition) is 1. The van der Waals surface area contributed by atoms with Crippen molar-refractivity contribution in [3.8, 4) is 10.6 Å². The van der Waals surface area contributed by atoms with Gasteiger partial charge in [-0.15, -0.1) is 11.3 Å². The van der Waals surface area contributed by atoms with Crippen LogP contribution in [0.4, 0.5) is 0 Å². The molecule has 2 aromatic rings. The maximum Gasteiger partial charge on any atom is 0.273 e. The molecule has 1 saturated carbocycles. The number of amides is 1. The van der Waals surface area contributed by atoms with Crippen molar-refractivity contribution in [3.63, 3.8) is 0 Å². The van der Waals surface area contributed by atoms with Crippen LogP contribution in [0.25, 0.3) is 10.6 Å². The van der Waals surface area contributed by atoms with E-state index in [4.69, 9.17) is 10.2 Å². The molecular weight excluding hydrogens is 286 g/mol. The van der Waals surface area contributed by atoms with E-state index in [2.05, 4.69) is 4.98 Å². The van der Waals surface area contributed by atoms with E-state index in [1.807, 2.05) is 16.3 Å². The highest BCUT2D eigenvalue weighted by atomic mass is 32.1. The van der Waals surface area contributed by atoms with Crippen LogP contribution in [0.5, 0.6) is 0 Å². The molecular formula is C15H17N3O2S. The van der Waals surface area contributed by atoms with Gasteiger partial charge in [-0.2, -0.15) is 0 Å². The maximum absolute atomic E-state index is 12.6.